The minimum Gasteiger partial charge on any atom is -0.478 e. The first-order chi connectivity index (χ1) is 15.1. The molecular weight excluding hydrogens is 455 g/mol. The van der Waals surface area contributed by atoms with Crippen molar-refractivity contribution in [3.63, 3.8) is 0 Å². The van der Waals surface area contributed by atoms with E-state index in [-0.39, 0.29) is 34.4 Å². The molecule has 0 radical (unpaired) electrons. The van der Waals surface area contributed by atoms with Gasteiger partial charge in [0.05, 0.1) is 11.6 Å². The van der Waals surface area contributed by atoms with Gasteiger partial charge >= 0.3 is 11.9 Å². The summed E-state index contributed by atoms with van der Waals surface area (Å²) in [6, 6.07) is 9.81. The minimum atomic E-state index is -1.21. The normalized spacial score (nSPS) is 11.5. The number of aromatic amines is 1. The molecule has 0 bridgehead atoms. The number of nitrogens with zero attached hydrogens (tertiary/aromatic N) is 1. The number of nitrogens with one attached hydrogen (secondary N) is 1. The lowest BCUT2D eigenvalue weighted by molar-refractivity contribution is -0.131. The zero-order valence-electron chi connectivity index (χ0n) is 17.5. The molecular formula is C23H20Cl2N2O5. The second-order valence-electron chi connectivity index (χ2n) is 6.93. The van der Waals surface area contributed by atoms with Gasteiger partial charge < -0.3 is 19.7 Å². The lowest BCUT2D eigenvalue weighted by atomic mass is 9.94. The highest BCUT2D eigenvalue weighted by Crippen LogP contribution is 2.39. The van der Waals surface area contributed by atoms with Crippen LogP contribution >= 0.6 is 23.2 Å². The Kier molecular flexibility index (Phi) is 6.91. The Morgan fingerprint density at radius 2 is 1.81 bits per heavy atom. The van der Waals surface area contributed by atoms with Crippen LogP contribution in [-0.4, -0.2) is 41.6 Å². The van der Waals surface area contributed by atoms with Crippen LogP contribution in [0.5, 0.6) is 0 Å². The van der Waals surface area contributed by atoms with Gasteiger partial charge in [0.15, 0.2) is 0 Å². The fourth-order valence-electron chi connectivity index (χ4n) is 3.34. The first-order valence-electron chi connectivity index (χ1n) is 9.61. The van der Waals surface area contributed by atoms with Gasteiger partial charge in [-0.2, -0.15) is 0 Å². The third-order valence-electron chi connectivity index (χ3n) is 4.87. The Morgan fingerprint density at radius 3 is 2.38 bits per heavy atom. The van der Waals surface area contributed by atoms with E-state index in [1.807, 2.05) is 0 Å². The van der Waals surface area contributed by atoms with Crippen LogP contribution in [0, 0.1) is 0 Å². The van der Waals surface area contributed by atoms with E-state index in [1.165, 1.54) is 17.9 Å². The van der Waals surface area contributed by atoms with E-state index in [2.05, 4.69) is 4.98 Å². The number of anilines is 1. The Balaban J connectivity index is 2.30. The van der Waals surface area contributed by atoms with Gasteiger partial charge in [-0.3, -0.25) is 4.79 Å². The molecule has 0 aliphatic rings. The van der Waals surface area contributed by atoms with Crippen LogP contribution in [0.1, 0.15) is 35.5 Å². The fraction of sp³-hybridized carbons (Fsp3) is 0.174. The summed E-state index contributed by atoms with van der Waals surface area (Å²) in [6.07, 6.45) is 1.000. The van der Waals surface area contributed by atoms with Crippen LogP contribution in [0.15, 0.2) is 42.5 Å². The van der Waals surface area contributed by atoms with E-state index in [0.717, 1.165) is 6.08 Å². The zero-order chi connectivity index (χ0) is 23.6. The first kappa shape index (κ1) is 23.4. The summed E-state index contributed by atoms with van der Waals surface area (Å²) in [6.45, 7) is 3.24. The Bertz CT molecular complexity index is 1250. The monoisotopic (exact) mass is 474 g/mol. The number of halogens is 2. The van der Waals surface area contributed by atoms with Gasteiger partial charge in [-0.25, -0.2) is 9.59 Å². The summed E-state index contributed by atoms with van der Waals surface area (Å²) in [7, 11) is 1.63. The highest BCUT2D eigenvalue weighted by Gasteiger charge is 2.25. The van der Waals surface area contributed by atoms with Gasteiger partial charge in [0, 0.05) is 47.2 Å². The molecule has 1 amide bonds. The number of rotatable bonds is 6. The number of fused-ring (bicyclic) bond motifs is 1. The maximum absolute atomic E-state index is 12.7. The predicted molar refractivity (Wildman–Crippen MR) is 125 cm³/mol. The third kappa shape index (κ3) is 4.64. The van der Waals surface area contributed by atoms with Gasteiger partial charge in [-0.1, -0.05) is 35.3 Å². The molecule has 32 heavy (non-hydrogen) atoms. The molecule has 3 aromatic rings. The summed E-state index contributed by atoms with van der Waals surface area (Å²) in [4.78, 5) is 40.5. The largest absolute Gasteiger partial charge is 0.478 e. The molecule has 7 nitrogen and oxygen atoms in total. The molecule has 0 spiro atoms. The SMILES string of the molecule is CCOC(=O)c1[nH]c2cc(Cl)cc(Cl)c2c1/C(=C/C(=O)O)c1ccc(N(C)C(C)=O)cc1. The van der Waals surface area contributed by atoms with E-state index in [1.54, 1.807) is 44.3 Å². The van der Waals surface area contributed by atoms with Gasteiger partial charge in [-0.15, -0.1) is 0 Å². The number of aromatic nitrogens is 1. The Morgan fingerprint density at radius 1 is 1.16 bits per heavy atom. The summed E-state index contributed by atoms with van der Waals surface area (Å²) in [5.74, 6) is -2.02. The number of esters is 1. The van der Waals surface area contributed by atoms with Crippen molar-refractivity contribution in [2.45, 2.75) is 13.8 Å². The van der Waals surface area contributed by atoms with E-state index in [4.69, 9.17) is 27.9 Å². The number of carbonyl (C=O) groups excluding carboxylic acids is 2. The number of hydrogen-bond acceptors (Lipinski definition) is 4. The smallest absolute Gasteiger partial charge is 0.355 e. The van der Waals surface area contributed by atoms with Crippen molar-refractivity contribution in [1.82, 2.24) is 4.98 Å². The van der Waals surface area contributed by atoms with Crippen molar-refractivity contribution < 1.29 is 24.2 Å². The van der Waals surface area contributed by atoms with Crippen LogP contribution in [0.4, 0.5) is 5.69 Å². The summed E-state index contributed by atoms with van der Waals surface area (Å²) in [5, 5.41) is 10.6. The number of ether oxygens (including phenoxy) is 1. The second kappa shape index (κ2) is 9.46. The molecule has 0 unspecified atom stereocenters. The number of H-pyrrole nitrogens is 1. The zero-order valence-corrected chi connectivity index (χ0v) is 19.0. The molecule has 0 saturated carbocycles. The van der Waals surface area contributed by atoms with Crippen LogP contribution in [0.3, 0.4) is 0 Å². The van der Waals surface area contributed by atoms with Gasteiger partial charge in [0.25, 0.3) is 0 Å². The van der Waals surface area contributed by atoms with Gasteiger partial charge in [0.2, 0.25) is 5.91 Å². The molecule has 1 heterocycles. The van der Waals surface area contributed by atoms with Crippen LogP contribution in [-0.2, 0) is 14.3 Å². The van der Waals surface area contributed by atoms with E-state index >= 15 is 0 Å². The molecule has 2 aromatic carbocycles. The van der Waals surface area contributed by atoms with Crippen molar-refractivity contribution in [1.29, 1.82) is 0 Å². The predicted octanol–water partition coefficient (Wildman–Crippen LogP) is 5.15. The lowest BCUT2D eigenvalue weighted by Crippen LogP contribution is -2.22. The van der Waals surface area contributed by atoms with Gasteiger partial charge in [0.1, 0.15) is 5.69 Å². The second-order valence-corrected chi connectivity index (χ2v) is 7.77. The number of carboxylic acid groups (broad SMARTS) is 1. The molecule has 3 rings (SSSR count). The Hall–Kier alpha value is -3.29. The summed E-state index contributed by atoms with van der Waals surface area (Å²) in [5.41, 5.74) is 2.19. The van der Waals surface area contributed by atoms with E-state index < -0.39 is 11.9 Å². The average Bonchev–Trinajstić information content (AvgIpc) is 3.11. The molecule has 0 atom stereocenters. The topological polar surface area (TPSA) is 99.7 Å². The maximum Gasteiger partial charge on any atom is 0.355 e. The number of aliphatic carboxylic acids is 1. The van der Waals surface area contributed by atoms with E-state index in [0.29, 0.717) is 27.2 Å². The molecule has 0 fully saturated rings. The fourth-order valence-corrected chi connectivity index (χ4v) is 3.93. The average molecular weight is 475 g/mol. The molecule has 0 aliphatic carbocycles. The molecule has 9 heteroatoms. The van der Waals surface area contributed by atoms with Gasteiger partial charge in [-0.05, 0) is 42.3 Å². The summed E-state index contributed by atoms with van der Waals surface area (Å²) >= 11 is 12.6. The lowest BCUT2D eigenvalue weighted by Gasteiger charge is -2.16. The molecule has 166 valence electrons. The van der Waals surface area contributed by atoms with Crippen molar-refractivity contribution >= 4 is 63.2 Å². The maximum atomic E-state index is 12.7. The highest BCUT2D eigenvalue weighted by molar-refractivity contribution is 6.39. The highest BCUT2D eigenvalue weighted by atomic mass is 35.5. The minimum absolute atomic E-state index is 0.0587. The third-order valence-corrected chi connectivity index (χ3v) is 5.39. The van der Waals surface area contributed by atoms with Crippen LogP contribution in [0.2, 0.25) is 10.0 Å². The number of amides is 1. The molecule has 0 saturated heterocycles. The number of carboxylic acids is 1. The quantitative estimate of drug-likeness (QED) is 0.380. The Labute approximate surface area is 194 Å². The number of benzene rings is 2. The first-order valence-corrected chi connectivity index (χ1v) is 10.4. The number of carbonyl (C=O) groups is 3. The van der Waals surface area contributed by atoms with Crippen molar-refractivity contribution in [3.05, 3.63) is 69.3 Å². The van der Waals surface area contributed by atoms with Crippen LogP contribution in [0.25, 0.3) is 16.5 Å². The molecule has 1 aromatic heterocycles. The van der Waals surface area contributed by atoms with Crippen molar-refractivity contribution in [2.24, 2.45) is 0 Å². The van der Waals surface area contributed by atoms with E-state index in [9.17, 15) is 19.5 Å². The van der Waals surface area contributed by atoms with Crippen molar-refractivity contribution in [3.8, 4) is 0 Å². The van der Waals surface area contributed by atoms with Crippen LogP contribution < -0.4 is 4.90 Å². The standard InChI is InChI=1S/C23H20Cl2N2O5/c1-4-32-23(31)22-20(21-17(25)9-14(24)10-18(21)26-22)16(11-19(29)30)13-5-7-15(8-6-13)27(3)12(2)28/h5-11,26H,4H2,1-3H3,(H,29,30)/b16-11+. The molecule has 0 aliphatic heterocycles. The summed E-state index contributed by atoms with van der Waals surface area (Å²) < 4.78 is 5.17. The molecule has 2 N–H and O–H groups in total. The van der Waals surface area contributed by atoms with Crippen molar-refractivity contribution in [2.75, 3.05) is 18.6 Å². The number of hydrogen-bond donors (Lipinski definition) is 2.